The summed E-state index contributed by atoms with van der Waals surface area (Å²) < 4.78 is 3.33. The van der Waals surface area contributed by atoms with E-state index in [-0.39, 0.29) is 5.92 Å². The minimum Gasteiger partial charge on any atom is -0.343 e. The average molecular weight is 497 g/mol. The maximum Gasteiger partial charge on any atom is 0.225 e. The van der Waals surface area contributed by atoms with Crippen LogP contribution in [0.15, 0.2) is 53.0 Å². The lowest BCUT2D eigenvalue weighted by Crippen LogP contribution is -2.42. The second-order valence-corrected chi connectivity index (χ2v) is 9.57. The third-order valence-electron chi connectivity index (χ3n) is 6.49. The molecule has 1 aliphatic heterocycles. The predicted octanol–water partition coefficient (Wildman–Crippen LogP) is 5.65. The summed E-state index contributed by atoms with van der Waals surface area (Å²) in [6.07, 6.45) is 4.08. The lowest BCUT2D eigenvalue weighted by Gasteiger charge is -2.34. The van der Waals surface area contributed by atoms with Crippen LogP contribution < -0.4 is 0 Å². The van der Waals surface area contributed by atoms with Crippen molar-refractivity contribution >= 4 is 32.9 Å². The Balaban J connectivity index is 1.48. The van der Waals surface area contributed by atoms with Gasteiger partial charge in [0.15, 0.2) is 0 Å². The van der Waals surface area contributed by atoms with Gasteiger partial charge in [-0.2, -0.15) is 0 Å². The number of carbonyl (C=O) groups is 1. The molecule has 0 unspecified atom stereocenters. The SMILES string of the molecule is CCCCN(CC)C(=O)C1CCN(Cc2nc3ccccc3n2-c2ccc(Br)cc2)CC1. The number of para-hydroxylation sites is 2. The summed E-state index contributed by atoms with van der Waals surface area (Å²) >= 11 is 3.54. The lowest BCUT2D eigenvalue weighted by molar-refractivity contribution is -0.137. The van der Waals surface area contributed by atoms with Gasteiger partial charge < -0.3 is 4.90 Å². The molecule has 2 heterocycles. The van der Waals surface area contributed by atoms with Crippen molar-refractivity contribution in [2.75, 3.05) is 26.2 Å². The van der Waals surface area contributed by atoms with Crippen LogP contribution in [0.1, 0.15) is 45.4 Å². The van der Waals surface area contributed by atoms with Gasteiger partial charge in [-0.1, -0.05) is 41.4 Å². The number of imidazole rings is 1. The van der Waals surface area contributed by atoms with Crippen molar-refractivity contribution in [3.63, 3.8) is 0 Å². The maximum absolute atomic E-state index is 13.0. The fraction of sp³-hybridized carbons (Fsp3) is 0.462. The van der Waals surface area contributed by atoms with Crippen molar-refractivity contribution in [1.29, 1.82) is 0 Å². The van der Waals surface area contributed by atoms with Crippen molar-refractivity contribution in [1.82, 2.24) is 19.4 Å². The molecular formula is C26H33BrN4O. The lowest BCUT2D eigenvalue weighted by atomic mass is 9.95. The third-order valence-corrected chi connectivity index (χ3v) is 7.02. The number of fused-ring (bicyclic) bond motifs is 1. The molecule has 32 heavy (non-hydrogen) atoms. The van der Waals surface area contributed by atoms with E-state index in [0.717, 1.165) is 85.4 Å². The summed E-state index contributed by atoms with van der Waals surface area (Å²) in [6.45, 7) is 8.64. The standard InChI is InChI=1S/C26H33BrN4O/c1-3-5-16-30(4-2)26(32)20-14-17-29(18-15-20)19-25-28-23-8-6-7-9-24(23)31(25)22-12-10-21(27)11-13-22/h6-13,20H,3-5,14-19H2,1-2H3. The number of amides is 1. The molecule has 3 aromatic rings. The van der Waals surface area contributed by atoms with E-state index >= 15 is 0 Å². The number of hydrogen-bond donors (Lipinski definition) is 0. The Labute approximate surface area is 199 Å². The molecule has 2 aromatic carbocycles. The van der Waals surface area contributed by atoms with Crippen molar-refractivity contribution in [2.24, 2.45) is 5.92 Å². The number of aromatic nitrogens is 2. The number of benzene rings is 2. The van der Waals surface area contributed by atoms with Gasteiger partial charge >= 0.3 is 0 Å². The monoisotopic (exact) mass is 496 g/mol. The molecule has 0 aliphatic carbocycles. The summed E-state index contributed by atoms with van der Waals surface area (Å²) in [4.78, 5) is 22.4. The van der Waals surface area contributed by atoms with E-state index in [9.17, 15) is 4.79 Å². The second kappa shape index (κ2) is 10.6. The van der Waals surface area contributed by atoms with Crippen LogP contribution in [-0.2, 0) is 11.3 Å². The number of halogens is 1. The molecule has 0 radical (unpaired) electrons. The van der Waals surface area contributed by atoms with Crippen LogP contribution in [0.5, 0.6) is 0 Å². The van der Waals surface area contributed by atoms with E-state index in [2.05, 4.69) is 86.6 Å². The molecule has 170 valence electrons. The molecule has 1 aliphatic rings. The van der Waals surface area contributed by atoms with E-state index in [1.807, 2.05) is 6.07 Å². The van der Waals surface area contributed by atoms with Gasteiger partial charge in [0.1, 0.15) is 5.82 Å². The van der Waals surface area contributed by atoms with Gasteiger partial charge in [-0.05, 0) is 75.7 Å². The fourth-order valence-corrected chi connectivity index (χ4v) is 4.89. The zero-order chi connectivity index (χ0) is 22.5. The maximum atomic E-state index is 13.0. The van der Waals surface area contributed by atoms with Crippen molar-refractivity contribution in [3.05, 3.63) is 58.8 Å². The summed E-state index contributed by atoms with van der Waals surface area (Å²) in [5.41, 5.74) is 3.27. The zero-order valence-corrected chi connectivity index (χ0v) is 20.7. The molecule has 4 rings (SSSR count). The average Bonchev–Trinajstić information content (AvgIpc) is 3.18. The Morgan fingerprint density at radius 3 is 2.50 bits per heavy atom. The molecule has 0 bridgehead atoms. The van der Waals surface area contributed by atoms with E-state index in [1.54, 1.807) is 0 Å². The number of piperidine rings is 1. The highest BCUT2D eigenvalue weighted by Crippen LogP contribution is 2.26. The smallest absolute Gasteiger partial charge is 0.225 e. The van der Waals surface area contributed by atoms with Gasteiger partial charge in [-0.25, -0.2) is 4.98 Å². The van der Waals surface area contributed by atoms with Crippen LogP contribution in [0.3, 0.4) is 0 Å². The van der Waals surface area contributed by atoms with Crippen LogP contribution in [-0.4, -0.2) is 51.4 Å². The fourth-order valence-electron chi connectivity index (χ4n) is 4.63. The Bertz CT molecular complexity index is 1040. The quantitative estimate of drug-likeness (QED) is 0.404. The first kappa shape index (κ1) is 23.0. The molecule has 6 heteroatoms. The van der Waals surface area contributed by atoms with Crippen LogP contribution in [0.2, 0.25) is 0 Å². The Hall–Kier alpha value is -2.18. The van der Waals surface area contributed by atoms with E-state index in [1.165, 1.54) is 0 Å². The Morgan fingerprint density at radius 2 is 1.81 bits per heavy atom. The number of rotatable bonds is 8. The summed E-state index contributed by atoms with van der Waals surface area (Å²) in [7, 11) is 0. The van der Waals surface area contributed by atoms with E-state index < -0.39 is 0 Å². The molecule has 5 nitrogen and oxygen atoms in total. The molecular weight excluding hydrogens is 464 g/mol. The molecule has 0 N–H and O–H groups in total. The van der Waals surface area contributed by atoms with Crippen molar-refractivity contribution in [2.45, 2.75) is 46.1 Å². The third kappa shape index (κ3) is 5.07. The number of hydrogen-bond acceptors (Lipinski definition) is 3. The zero-order valence-electron chi connectivity index (χ0n) is 19.1. The van der Waals surface area contributed by atoms with Crippen molar-refractivity contribution in [3.8, 4) is 5.69 Å². The topological polar surface area (TPSA) is 41.4 Å². The van der Waals surface area contributed by atoms with Gasteiger partial charge in [-0.15, -0.1) is 0 Å². The van der Waals surface area contributed by atoms with Crippen LogP contribution >= 0.6 is 15.9 Å². The highest BCUT2D eigenvalue weighted by Gasteiger charge is 2.28. The molecule has 0 spiro atoms. The highest BCUT2D eigenvalue weighted by molar-refractivity contribution is 9.10. The Kier molecular flexibility index (Phi) is 7.63. The first-order valence-corrected chi connectivity index (χ1v) is 12.6. The predicted molar refractivity (Wildman–Crippen MR) is 134 cm³/mol. The van der Waals surface area contributed by atoms with Gasteiger partial charge in [0.25, 0.3) is 0 Å². The molecule has 0 atom stereocenters. The van der Waals surface area contributed by atoms with Crippen molar-refractivity contribution < 1.29 is 4.79 Å². The minimum atomic E-state index is 0.161. The Morgan fingerprint density at radius 1 is 1.09 bits per heavy atom. The van der Waals surface area contributed by atoms with E-state index in [0.29, 0.717) is 5.91 Å². The first-order chi connectivity index (χ1) is 15.6. The van der Waals surface area contributed by atoms with Crippen LogP contribution in [0, 0.1) is 5.92 Å². The van der Waals surface area contributed by atoms with Crippen LogP contribution in [0.25, 0.3) is 16.7 Å². The molecule has 1 saturated heterocycles. The highest BCUT2D eigenvalue weighted by atomic mass is 79.9. The van der Waals surface area contributed by atoms with Gasteiger partial charge in [0.2, 0.25) is 5.91 Å². The molecule has 1 aromatic heterocycles. The molecule has 1 amide bonds. The van der Waals surface area contributed by atoms with Gasteiger partial charge in [0.05, 0.1) is 17.6 Å². The van der Waals surface area contributed by atoms with Gasteiger partial charge in [0, 0.05) is 29.2 Å². The normalized spacial score (nSPS) is 15.3. The number of nitrogens with zero attached hydrogens (tertiary/aromatic N) is 4. The minimum absolute atomic E-state index is 0.161. The first-order valence-electron chi connectivity index (χ1n) is 11.8. The number of unbranched alkanes of at least 4 members (excludes halogenated alkanes) is 1. The molecule has 1 fully saturated rings. The largest absolute Gasteiger partial charge is 0.343 e. The molecule has 0 saturated carbocycles. The summed E-state index contributed by atoms with van der Waals surface area (Å²) in [5, 5.41) is 0. The van der Waals surface area contributed by atoms with Gasteiger partial charge in [-0.3, -0.25) is 14.3 Å². The summed E-state index contributed by atoms with van der Waals surface area (Å²) in [6, 6.07) is 16.7. The number of carbonyl (C=O) groups excluding carboxylic acids is 1. The summed E-state index contributed by atoms with van der Waals surface area (Å²) in [5.74, 6) is 1.56. The second-order valence-electron chi connectivity index (χ2n) is 8.65. The van der Waals surface area contributed by atoms with E-state index in [4.69, 9.17) is 4.98 Å². The van der Waals surface area contributed by atoms with Crippen LogP contribution in [0.4, 0.5) is 0 Å². The number of likely N-dealkylation sites (tertiary alicyclic amines) is 1.